The molecular weight excluding hydrogens is 520 g/mol. The lowest BCUT2D eigenvalue weighted by Crippen LogP contribution is -2.22. The molecule has 1 saturated heterocycles. The van der Waals surface area contributed by atoms with Crippen molar-refractivity contribution in [2.45, 2.75) is 32.6 Å². The lowest BCUT2D eigenvalue weighted by molar-refractivity contribution is -0.121. The first-order valence-electron chi connectivity index (χ1n) is 11.5. The number of hydrogen-bond acceptors (Lipinski definition) is 9. The summed E-state index contributed by atoms with van der Waals surface area (Å²) in [6.45, 7) is 1.76. The van der Waals surface area contributed by atoms with Gasteiger partial charge in [0.2, 0.25) is 0 Å². The molecule has 2 aromatic rings. The molecule has 0 spiro atoms. The molecule has 11 heteroatoms. The van der Waals surface area contributed by atoms with Crippen LogP contribution in [-0.4, -0.2) is 54.4 Å². The van der Waals surface area contributed by atoms with Gasteiger partial charge in [-0.25, -0.2) is 4.79 Å². The zero-order chi connectivity index (χ0) is 25.8. The summed E-state index contributed by atoms with van der Waals surface area (Å²) in [5.74, 6) is -0.160. The maximum absolute atomic E-state index is 12.7. The average Bonchev–Trinajstić information content (AvgIpc) is 3.34. The summed E-state index contributed by atoms with van der Waals surface area (Å²) >= 11 is 7.83. The second kappa shape index (κ2) is 11.4. The third-order valence-electron chi connectivity index (χ3n) is 5.73. The van der Waals surface area contributed by atoms with Crippen molar-refractivity contribution in [2.75, 3.05) is 32.7 Å². The molecule has 0 atom stereocenters. The van der Waals surface area contributed by atoms with Gasteiger partial charge in [-0.15, -0.1) is 11.3 Å². The SMILES string of the molecule is CCOC(=O)c1c(NC(=O)COc2ccc(/C=C3\SC(=S)N(C)C3=O)cc2OC)sc2c1CCCC2. The highest BCUT2D eigenvalue weighted by atomic mass is 32.2. The molecule has 0 bridgehead atoms. The summed E-state index contributed by atoms with van der Waals surface area (Å²) in [7, 11) is 3.14. The van der Waals surface area contributed by atoms with E-state index in [1.54, 1.807) is 38.2 Å². The van der Waals surface area contributed by atoms with E-state index in [1.165, 1.54) is 35.1 Å². The zero-order valence-electron chi connectivity index (χ0n) is 20.2. The minimum atomic E-state index is -0.412. The Kier molecular flexibility index (Phi) is 8.32. The van der Waals surface area contributed by atoms with Crippen LogP contribution >= 0.6 is 35.3 Å². The number of carbonyl (C=O) groups excluding carboxylic acids is 3. The average molecular weight is 547 g/mol. The summed E-state index contributed by atoms with van der Waals surface area (Å²) in [5, 5.41) is 3.34. The van der Waals surface area contributed by atoms with Gasteiger partial charge in [-0.1, -0.05) is 30.0 Å². The van der Waals surface area contributed by atoms with Crippen molar-refractivity contribution in [3.63, 3.8) is 0 Å². The fourth-order valence-corrected chi connectivity index (χ4v) is 6.44. The van der Waals surface area contributed by atoms with Gasteiger partial charge >= 0.3 is 5.97 Å². The summed E-state index contributed by atoms with van der Waals surface area (Å²) in [6.07, 6.45) is 5.50. The van der Waals surface area contributed by atoms with Crippen LogP contribution in [0, 0.1) is 0 Å². The van der Waals surface area contributed by atoms with Crippen molar-refractivity contribution in [1.82, 2.24) is 4.90 Å². The number of amides is 2. The Morgan fingerprint density at radius 2 is 2.00 bits per heavy atom. The number of hydrogen-bond donors (Lipinski definition) is 1. The van der Waals surface area contributed by atoms with Crippen LogP contribution < -0.4 is 14.8 Å². The van der Waals surface area contributed by atoms with Gasteiger partial charge in [0.1, 0.15) is 9.32 Å². The Hall–Kier alpha value is -2.89. The van der Waals surface area contributed by atoms with E-state index in [-0.39, 0.29) is 19.1 Å². The first-order valence-corrected chi connectivity index (χ1v) is 13.5. The third-order valence-corrected chi connectivity index (χ3v) is 8.43. The highest BCUT2D eigenvalue weighted by Gasteiger charge is 2.29. The van der Waals surface area contributed by atoms with E-state index in [4.69, 9.17) is 26.4 Å². The number of rotatable bonds is 8. The largest absolute Gasteiger partial charge is 0.493 e. The van der Waals surface area contributed by atoms with Crippen LogP contribution in [0.4, 0.5) is 5.00 Å². The normalized spacial score (nSPS) is 16.2. The Morgan fingerprint density at radius 3 is 2.69 bits per heavy atom. The smallest absolute Gasteiger partial charge is 0.341 e. The lowest BCUT2D eigenvalue weighted by Gasteiger charge is -2.13. The number of anilines is 1. The number of likely N-dealkylation sites (N-methyl/N-ethyl adjacent to an activating group) is 1. The third kappa shape index (κ3) is 5.58. The number of methoxy groups -OCH3 is 1. The molecule has 36 heavy (non-hydrogen) atoms. The number of nitrogens with zero attached hydrogens (tertiary/aromatic N) is 1. The maximum atomic E-state index is 12.7. The minimum Gasteiger partial charge on any atom is -0.493 e. The number of esters is 1. The van der Waals surface area contributed by atoms with Crippen LogP contribution in [0.25, 0.3) is 6.08 Å². The topological polar surface area (TPSA) is 94.2 Å². The summed E-state index contributed by atoms with van der Waals surface area (Å²) in [5.41, 5.74) is 2.18. The van der Waals surface area contributed by atoms with Crippen LogP contribution in [0.1, 0.15) is 46.1 Å². The van der Waals surface area contributed by atoms with Crippen LogP contribution in [-0.2, 0) is 27.2 Å². The van der Waals surface area contributed by atoms with Gasteiger partial charge < -0.3 is 19.5 Å². The van der Waals surface area contributed by atoms with Gasteiger partial charge in [0.25, 0.3) is 11.8 Å². The molecule has 1 aliphatic heterocycles. The first-order chi connectivity index (χ1) is 17.3. The Bertz CT molecular complexity index is 1250. The quantitative estimate of drug-likeness (QED) is 0.290. The molecular formula is C25H26N2O6S3. The number of thioether (sulfide) groups is 1. The number of fused-ring (bicyclic) bond motifs is 1. The Morgan fingerprint density at radius 1 is 1.22 bits per heavy atom. The monoisotopic (exact) mass is 546 g/mol. The second-order valence-corrected chi connectivity index (χ2v) is 10.9. The van der Waals surface area contributed by atoms with Crippen LogP contribution in [0.15, 0.2) is 23.1 Å². The van der Waals surface area contributed by atoms with Gasteiger partial charge in [-0.05, 0) is 61.9 Å². The molecule has 1 fully saturated rings. The number of ether oxygens (including phenoxy) is 3. The summed E-state index contributed by atoms with van der Waals surface area (Å²) in [4.78, 5) is 40.7. The van der Waals surface area contributed by atoms with Crippen LogP contribution in [0.2, 0.25) is 0 Å². The van der Waals surface area contributed by atoms with Crippen LogP contribution in [0.5, 0.6) is 11.5 Å². The molecule has 0 saturated carbocycles. The van der Waals surface area contributed by atoms with Gasteiger partial charge in [-0.3, -0.25) is 14.5 Å². The van der Waals surface area contributed by atoms with Gasteiger partial charge in [0, 0.05) is 11.9 Å². The van der Waals surface area contributed by atoms with Crippen molar-refractivity contribution >= 4 is 68.5 Å². The molecule has 0 unspecified atom stereocenters. The Balaban J connectivity index is 1.45. The molecule has 190 valence electrons. The van der Waals surface area contributed by atoms with Crippen molar-refractivity contribution in [3.8, 4) is 11.5 Å². The number of thiophene rings is 1. The lowest BCUT2D eigenvalue weighted by atomic mass is 9.95. The first kappa shape index (κ1) is 26.2. The zero-order valence-corrected chi connectivity index (χ0v) is 22.6. The van der Waals surface area contributed by atoms with E-state index in [2.05, 4.69) is 5.32 Å². The number of thiocarbonyl (C=S) groups is 1. The summed E-state index contributed by atoms with van der Waals surface area (Å²) in [6, 6.07) is 5.17. The second-order valence-electron chi connectivity index (χ2n) is 8.12. The van der Waals surface area contributed by atoms with Gasteiger partial charge in [0.15, 0.2) is 18.1 Å². The van der Waals surface area contributed by atoms with Crippen molar-refractivity contribution in [2.24, 2.45) is 0 Å². The molecule has 2 amide bonds. The fraction of sp³-hybridized carbons (Fsp3) is 0.360. The van der Waals surface area contributed by atoms with Crippen molar-refractivity contribution in [3.05, 3.63) is 44.7 Å². The van der Waals surface area contributed by atoms with Gasteiger partial charge in [-0.2, -0.15) is 0 Å². The number of carbonyl (C=O) groups is 3. The molecule has 0 radical (unpaired) electrons. The molecule has 4 rings (SSSR count). The summed E-state index contributed by atoms with van der Waals surface area (Å²) < 4.78 is 16.9. The molecule has 1 aromatic carbocycles. The predicted octanol–water partition coefficient (Wildman–Crippen LogP) is 4.66. The molecule has 2 heterocycles. The van der Waals surface area contributed by atoms with Crippen molar-refractivity contribution in [1.29, 1.82) is 0 Å². The molecule has 1 aromatic heterocycles. The van der Waals surface area contributed by atoms with Crippen molar-refractivity contribution < 1.29 is 28.6 Å². The molecule has 8 nitrogen and oxygen atoms in total. The van der Waals surface area contributed by atoms with E-state index in [1.807, 2.05) is 0 Å². The Labute approximate surface area is 223 Å². The highest BCUT2D eigenvalue weighted by Crippen LogP contribution is 2.39. The van der Waals surface area contributed by atoms with E-state index in [0.717, 1.165) is 41.7 Å². The van der Waals surface area contributed by atoms with E-state index < -0.39 is 11.9 Å². The predicted molar refractivity (Wildman–Crippen MR) is 145 cm³/mol. The highest BCUT2D eigenvalue weighted by molar-refractivity contribution is 8.26. The molecule has 1 N–H and O–H groups in total. The number of nitrogens with one attached hydrogen (secondary N) is 1. The number of aryl methyl sites for hydroxylation is 1. The standard InChI is InChI=1S/C25H26N2O6S3/c1-4-32-24(30)21-15-7-5-6-8-18(15)35-22(21)26-20(28)13-33-16-10-9-14(11-17(16)31-3)12-19-23(29)27(2)25(34)36-19/h9-12H,4-8,13H2,1-3H3,(H,26,28)/b19-12-. The molecule has 1 aliphatic carbocycles. The van der Waals surface area contributed by atoms with E-state index in [9.17, 15) is 14.4 Å². The number of benzene rings is 1. The van der Waals surface area contributed by atoms with E-state index in [0.29, 0.717) is 31.3 Å². The minimum absolute atomic E-state index is 0.154. The molecule has 2 aliphatic rings. The fourth-order valence-electron chi connectivity index (χ4n) is 3.97. The van der Waals surface area contributed by atoms with Gasteiger partial charge in [0.05, 0.1) is 24.2 Å². The maximum Gasteiger partial charge on any atom is 0.341 e. The van der Waals surface area contributed by atoms with E-state index >= 15 is 0 Å². The van der Waals surface area contributed by atoms with Crippen LogP contribution in [0.3, 0.4) is 0 Å².